The van der Waals surface area contributed by atoms with Crippen LogP contribution in [0.3, 0.4) is 0 Å². The van der Waals surface area contributed by atoms with Gasteiger partial charge in [0.15, 0.2) is 0 Å². The van der Waals surface area contributed by atoms with E-state index in [0.29, 0.717) is 5.92 Å². The number of benzene rings is 2. The van der Waals surface area contributed by atoms with Gasteiger partial charge in [0.1, 0.15) is 0 Å². The average molecular weight is 386 g/mol. The molecule has 0 radical (unpaired) electrons. The molecule has 0 saturated heterocycles. The van der Waals surface area contributed by atoms with Gasteiger partial charge in [0, 0.05) is 5.92 Å². The van der Waals surface area contributed by atoms with Crippen LogP contribution in [0.5, 0.6) is 0 Å². The third-order valence-corrected chi connectivity index (χ3v) is 4.88. The molecule has 1 unspecified atom stereocenters. The molecule has 0 bridgehead atoms. The van der Waals surface area contributed by atoms with Gasteiger partial charge in [-0.1, -0.05) is 71.8 Å². The highest BCUT2D eigenvalue weighted by atomic mass is 127. The largest absolute Gasteiger partial charge is 0.0590 e. The Hall–Kier alpha value is -1.35. The summed E-state index contributed by atoms with van der Waals surface area (Å²) in [4.78, 5) is 0. The van der Waals surface area contributed by atoms with Crippen LogP contribution in [0.4, 0.5) is 0 Å². The van der Waals surface area contributed by atoms with Crippen LogP contribution in [0.15, 0.2) is 64.3 Å². The third-order valence-electron chi connectivity index (χ3n) is 4.08. The summed E-state index contributed by atoms with van der Waals surface area (Å²) in [6.07, 6.45) is 5.64. The normalized spacial score (nSPS) is 18.1. The number of halogens is 1. The quantitative estimate of drug-likeness (QED) is 0.540. The topological polar surface area (TPSA) is 0 Å². The molecule has 3 rings (SSSR count). The summed E-state index contributed by atoms with van der Waals surface area (Å²) in [5.74, 6) is 0.463. The highest BCUT2D eigenvalue weighted by Gasteiger charge is 2.21. The fraction of sp³-hybridized carbons (Fsp3) is 0.200. The zero-order chi connectivity index (χ0) is 14.8. The smallest absolute Gasteiger partial charge is 0.0140 e. The van der Waals surface area contributed by atoms with Crippen LogP contribution >= 0.6 is 22.6 Å². The molecule has 0 heterocycles. The Kier molecular flexibility index (Phi) is 4.29. The Morgan fingerprint density at radius 1 is 0.810 bits per heavy atom. The minimum Gasteiger partial charge on any atom is -0.0590 e. The van der Waals surface area contributed by atoms with Gasteiger partial charge in [-0.15, -0.1) is 0 Å². The molecule has 106 valence electrons. The lowest BCUT2D eigenvalue weighted by Gasteiger charge is -2.24. The van der Waals surface area contributed by atoms with E-state index in [9.17, 15) is 0 Å². The summed E-state index contributed by atoms with van der Waals surface area (Å²) in [5.41, 5.74) is 6.81. The van der Waals surface area contributed by atoms with Gasteiger partial charge < -0.3 is 0 Å². The number of rotatable bonds is 2. The van der Waals surface area contributed by atoms with Crippen molar-refractivity contribution in [2.75, 3.05) is 0 Å². The van der Waals surface area contributed by atoms with E-state index in [0.717, 1.165) is 6.42 Å². The van der Waals surface area contributed by atoms with E-state index in [1.807, 2.05) is 0 Å². The fourth-order valence-corrected chi connectivity index (χ4v) is 3.43. The number of aryl methyl sites for hydroxylation is 2. The predicted octanol–water partition coefficient (Wildman–Crippen LogP) is 6.19. The summed E-state index contributed by atoms with van der Waals surface area (Å²) in [6, 6.07) is 17.9. The molecule has 0 amide bonds. The second kappa shape index (κ2) is 6.18. The molecule has 0 fully saturated rings. The van der Waals surface area contributed by atoms with Gasteiger partial charge in [0.05, 0.1) is 0 Å². The van der Waals surface area contributed by atoms with Crippen molar-refractivity contribution in [3.8, 4) is 0 Å². The van der Waals surface area contributed by atoms with E-state index < -0.39 is 0 Å². The van der Waals surface area contributed by atoms with Crippen molar-refractivity contribution in [2.45, 2.75) is 26.2 Å². The first-order valence-corrected chi connectivity index (χ1v) is 8.41. The molecule has 0 N–H and O–H groups in total. The third kappa shape index (κ3) is 3.29. The second-order valence-electron chi connectivity index (χ2n) is 5.77. The van der Waals surface area contributed by atoms with Crippen LogP contribution in [0, 0.1) is 13.8 Å². The Bertz CT molecular complexity index is 688. The van der Waals surface area contributed by atoms with Crippen molar-refractivity contribution < 1.29 is 0 Å². The molecule has 1 aliphatic rings. The van der Waals surface area contributed by atoms with Crippen LogP contribution in [0.2, 0.25) is 0 Å². The van der Waals surface area contributed by atoms with Gasteiger partial charge in [0.25, 0.3) is 0 Å². The molecule has 0 aliphatic heterocycles. The Balaban J connectivity index is 2.02. The van der Waals surface area contributed by atoms with Gasteiger partial charge >= 0.3 is 0 Å². The zero-order valence-corrected chi connectivity index (χ0v) is 14.6. The molecular formula is C20H19I. The molecule has 2 aromatic carbocycles. The lowest BCUT2D eigenvalue weighted by molar-refractivity contribution is 0.869. The van der Waals surface area contributed by atoms with Crippen LogP contribution in [0.1, 0.15) is 34.6 Å². The molecule has 21 heavy (non-hydrogen) atoms. The van der Waals surface area contributed by atoms with E-state index >= 15 is 0 Å². The van der Waals surface area contributed by atoms with Crippen molar-refractivity contribution in [1.29, 1.82) is 0 Å². The maximum atomic E-state index is 2.46. The van der Waals surface area contributed by atoms with E-state index in [2.05, 4.69) is 97.1 Å². The Morgan fingerprint density at radius 2 is 1.38 bits per heavy atom. The Morgan fingerprint density at radius 3 is 2.00 bits per heavy atom. The van der Waals surface area contributed by atoms with Crippen LogP contribution in [-0.2, 0) is 0 Å². The molecule has 0 saturated carbocycles. The lowest BCUT2D eigenvalue weighted by Crippen LogP contribution is -2.05. The summed E-state index contributed by atoms with van der Waals surface area (Å²) in [5, 5.41) is 0. The minimum absolute atomic E-state index is 0.463. The molecule has 1 atom stereocenters. The zero-order valence-electron chi connectivity index (χ0n) is 12.4. The maximum Gasteiger partial charge on any atom is 0.0140 e. The van der Waals surface area contributed by atoms with Gasteiger partial charge in [0.2, 0.25) is 0 Å². The second-order valence-corrected chi connectivity index (χ2v) is 7.15. The first kappa shape index (κ1) is 14.6. The first-order chi connectivity index (χ1) is 10.1. The lowest BCUT2D eigenvalue weighted by atomic mass is 9.81. The standard InChI is InChI=1S/C20H19I/c1-14-3-7-16(8-4-14)19-12-11-18(21)13-20(19)17-9-5-15(2)6-10-17/h3-12,20H,13H2,1-2H3. The molecule has 2 aromatic rings. The summed E-state index contributed by atoms with van der Waals surface area (Å²) < 4.78 is 1.43. The van der Waals surface area contributed by atoms with Crippen LogP contribution < -0.4 is 0 Å². The molecular weight excluding hydrogens is 367 g/mol. The molecule has 1 heteroatoms. The van der Waals surface area contributed by atoms with Crippen molar-refractivity contribution in [1.82, 2.24) is 0 Å². The molecule has 0 spiro atoms. The Labute approximate surface area is 140 Å². The fourth-order valence-electron chi connectivity index (χ4n) is 2.81. The number of hydrogen-bond acceptors (Lipinski definition) is 0. The van der Waals surface area contributed by atoms with Gasteiger partial charge in [-0.25, -0.2) is 0 Å². The monoisotopic (exact) mass is 386 g/mol. The van der Waals surface area contributed by atoms with Gasteiger partial charge in [-0.05, 0) is 63.1 Å². The summed E-state index contributed by atoms with van der Waals surface area (Å²) >= 11 is 2.46. The predicted molar refractivity (Wildman–Crippen MR) is 99.8 cm³/mol. The molecule has 0 aromatic heterocycles. The summed E-state index contributed by atoms with van der Waals surface area (Å²) in [6.45, 7) is 4.28. The number of hydrogen-bond donors (Lipinski definition) is 0. The first-order valence-electron chi connectivity index (χ1n) is 7.33. The minimum atomic E-state index is 0.463. The highest BCUT2D eigenvalue weighted by molar-refractivity contribution is 14.1. The van der Waals surface area contributed by atoms with Gasteiger partial charge in [-0.3, -0.25) is 0 Å². The SMILES string of the molecule is Cc1ccc(C2=CC=C(I)CC2c2ccc(C)cc2)cc1. The van der Waals surface area contributed by atoms with Crippen molar-refractivity contribution in [3.63, 3.8) is 0 Å². The van der Waals surface area contributed by atoms with Crippen molar-refractivity contribution >= 4 is 28.2 Å². The van der Waals surface area contributed by atoms with E-state index in [1.54, 1.807) is 0 Å². The van der Waals surface area contributed by atoms with Crippen LogP contribution in [0.25, 0.3) is 5.57 Å². The summed E-state index contributed by atoms with van der Waals surface area (Å²) in [7, 11) is 0. The van der Waals surface area contributed by atoms with Crippen LogP contribution in [-0.4, -0.2) is 0 Å². The van der Waals surface area contributed by atoms with Gasteiger partial charge in [-0.2, -0.15) is 0 Å². The average Bonchev–Trinajstić information content (AvgIpc) is 2.49. The van der Waals surface area contributed by atoms with E-state index in [1.165, 1.54) is 31.4 Å². The molecule has 1 aliphatic carbocycles. The maximum absolute atomic E-state index is 2.46. The molecule has 0 nitrogen and oxygen atoms in total. The van der Waals surface area contributed by atoms with Crippen molar-refractivity contribution in [3.05, 3.63) is 86.5 Å². The van der Waals surface area contributed by atoms with E-state index in [4.69, 9.17) is 0 Å². The highest BCUT2D eigenvalue weighted by Crippen LogP contribution is 2.41. The van der Waals surface area contributed by atoms with E-state index in [-0.39, 0.29) is 0 Å². The van der Waals surface area contributed by atoms with Crippen molar-refractivity contribution in [2.24, 2.45) is 0 Å². The number of allylic oxidation sites excluding steroid dienone is 4.